The third kappa shape index (κ3) is 1.93. The Kier molecular flexibility index (Phi) is 2.51. The van der Waals surface area contributed by atoms with Crippen molar-refractivity contribution in [3.05, 3.63) is 17.7 Å². The summed E-state index contributed by atoms with van der Waals surface area (Å²) in [6.07, 6.45) is 1.99. The van der Waals surface area contributed by atoms with Crippen LogP contribution in [0.5, 0.6) is 0 Å². The Morgan fingerprint density at radius 1 is 1.31 bits per heavy atom. The zero-order chi connectivity index (χ0) is 10.2. The van der Waals surface area contributed by atoms with Crippen molar-refractivity contribution in [3.8, 4) is 0 Å². The van der Waals surface area contributed by atoms with E-state index in [1.807, 2.05) is 6.20 Å². The zero-order valence-electron chi connectivity index (χ0n) is 9.55. The molecule has 0 aliphatic rings. The first-order valence-electron chi connectivity index (χ1n) is 4.88. The van der Waals surface area contributed by atoms with E-state index in [4.69, 9.17) is 0 Å². The van der Waals surface area contributed by atoms with Crippen LogP contribution in [0.25, 0.3) is 0 Å². The Labute approximate surface area is 81.0 Å². The highest BCUT2D eigenvalue weighted by Crippen LogP contribution is 2.24. The van der Waals surface area contributed by atoms with Crippen molar-refractivity contribution in [1.82, 2.24) is 9.55 Å². The second kappa shape index (κ2) is 3.17. The van der Waals surface area contributed by atoms with Gasteiger partial charge in [-0.2, -0.15) is 0 Å². The molecule has 0 spiro atoms. The number of aryl methyl sites for hydroxylation is 1. The van der Waals surface area contributed by atoms with Gasteiger partial charge in [0, 0.05) is 17.4 Å². The molecule has 0 aliphatic heterocycles. The highest BCUT2D eigenvalue weighted by atomic mass is 15.1. The molecule has 0 aliphatic carbocycles. The van der Waals surface area contributed by atoms with Crippen molar-refractivity contribution in [3.63, 3.8) is 0 Å². The number of imidazole rings is 1. The van der Waals surface area contributed by atoms with Gasteiger partial charge in [-0.1, -0.05) is 13.8 Å². The van der Waals surface area contributed by atoms with Gasteiger partial charge in [-0.05, 0) is 33.6 Å². The monoisotopic (exact) mass is 180 g/mol. The van der Waals surface area contributed by atoms with E-state index < -0.39 is 0 Å². The molecule has 0 fully saturated rings. The molecule has 0 N–H and O–H groups in total. The van der Waals surface area contributed by atoms with Crippen molar-refractivity contribution in [2.75, 3.05) is 0 Å². The van der Waals surface area contributed by atoms with E-state index in [-0.39, 0.29) is 5.54 Å². The molecule has 0 bridgehead atoms. The molecule has 1 heterocycles. The van der Waals surface area contributed by atoms with Crippen molar-refractivity contribution in [2.24, 2.45) is 0 Å². The quantitative estimate of drug-likeness (QED) is 0.649. The lowest BCUT2D eigenvalue weighted by Crippen LogP contribution is -2.25. The van der Waals surface area contributed by atoms with Gasteiger partial charge in [0.2, 0.25) is 0 Å². The summed E-state index contributed by atoms with van der Waals surface area (Å²) in [7, 11) is 0. The third-order valence-electron chi connectivity index (χ3n) is 2.23. The highest BCUT2D eigenvalue weighted by Gasteiger charge is 2.20. The van der Waals surface area contributed by atoms with E-state index in [1.165, 1.54) is 5.69 Å². The smallest absolute Gasteiger partial charge is 0.106 e. The van der Waals surface area contributed by atoms with Crippen LogP contribution in [0.15, 0.2) is 6.20 Å². The molecule has 1 aromatic rings. The summed E-state index contributed by atoms with van der Waals surface area (Å²) >= 11 is 0. The second-order valence-corrected chi connectivity index (χ2v) is 4.89. The summed E-state index contributed by atoms with van der Waals surface area (Å²) in [5, 5.41) is 0. The molecule has 13 heavy (non-hydrogen) atoms. The average Bonchev–Trinajstić information content (AvgIpc) is 2.28. The molecule has 0 aromatic carbocycles. The van der Waals surface area contributed by atoms with E-state index in [0.717, 1.165) is 5.82 Å². The molecule has 0 saturated carbocycles. The zero-order valence-corrected chi connectivity index (χ0v) is 9.55. The molecule has 1 aromatic heterocycles. The fraction of sp³-hybridized carbons (Fsp3) is 0.727. The summed E-state index contributed by atoms with van der Waals surface area (Å²) in [4.78, 5) is 4.37. The van der Waals surface area contributed by atoms with Gasteiger partial charge in [-0.25, -0.2) is 4.98 Å². The number of rotatable bonds is 1. The molecular formula is C11H20N2. The van der Waals surface area contributed by atoms with E-state index in [1.54, 1.807) is 0 Å². The number of aromatic nitrogens is 2. The summed E-state index contributed by atoms with van der Waals surface area (Å²) in [6.45, 7) is 13.1. The van der Waals surface area contributed by atoms with Crippen molar-refractivity contribution < 1.29 is 0 Å². The van der Waals surface area contributed by atoms with Gasteiger partial charge in [0.15, 0.2) is 0 Å². The minimum absolute atomic E-state index is 0.139. The van der Waals surface area contributed by atoms with Gasteiger partial charge in [-0.3, -0.25) is 0 Å². The number of nitrogens with zero attached hydrogens (tertiary/aromatic N) is 2. The van der Waals surface area contributed by atoms with Crippen LogP contribution in [0.2, 0.25) is 0 Å². The van der Waals surface area contributed by atoms with Gasteiger partial charge in [-0.15, -0.1) is 0 Å². The summed E-state index contributed by atoms with van der Waals surface area (Å²) < 4.78 is 2.32. The standard InChI is InChI=1S/C11H20N2/c1-8(2)10-7-12-9(3)13(10)11(4,5)6/h7-8H,1-6H3. The van der Waals surface area contributed by atoms with Crippen LogP contribution >= 0.6 is 0 Å². The highest BCUT2D eigenvalue weighted by molar-refractivity contribution is 5.11. The predicted octanol–water partition coefficient (Wildman–Crippen LogP) is 3.07. The first kappa shape index (κ1) is 10.3. The molecule has 1 rings (SSSR count). The van der Waals surface area contributed by atoms with Crippen LogP contribution in [-0.2, 0) is 5.54 Å². The maximum Gasteiger partial charge on any atom is 0.106 e. The molecular weight excluding hydrogens is 160 g/mol. The first-order chi connectivity index (χ1) is 5.84. The van der Waals surface area contributed by atoms with Crippen molar-refractivity contribution >= 4 is 0 Å². The lowest BCUT2D eigenvalue weighted by atomic mass is 10.1. The van der Waals surface area contributed by atoms with E-state index in [2.05, 4.69) is 51.1 Å². The van der Waals surface area contributed by atoms with Crippen LogP contribution in [0, 0.1) is 6.92 Å². The van der Waals surface area contributed by atoms with Crippen LogP contribution in [0.3, 0.4) is 0 Å². The number of hydrogen-bond donors (Lipinski definition) is 0. The van der Waals surface area contributed by atoms with Crippen LogP contribution in [0.4, 0.5) is 0 Å². The first-order valence-corrected chi connectivity index (χ1v) is 4.88. The van der Waals surface area contributed by atoms with Crippen molar-refractivity contribution in [2.45, 2.75) is 53.0 Å². The van der Waals surface area contributed by atoms with Gasteiger partial charge in [0.1, 0.15) is 5.82 Å². The summed E-state index contributed by atoms with van der Waals surface area (Å²) in [6, 6.07) is 0. The number of hydrogen-bond acceptors (Lipinski definition) is 1. The lowest BCUT2D eigenvalue weighted by Gasteiger charge is -2.26. The topological polar surface area (TPSA) is 17.8 Å². The fourth-order valence-corrected chi connectivity index (χ4v) is 1.74. The van der Waals surface area contributed by atoms with Gasteiger partial charge >= 0.3 is 0 Å². The Morgan fingerprint density at radius 3 is 2.15 bits per heavy atom. The van der Waals surface area contributed by atoms with E-state index in [9.17, 15) is 0 Å². The Balaban J connectivity index is 3.25. The van der Waals surface area contributed by atoms with Gasteiger partial charge in [0.05, 0.1) is 0 Å². The van der Waals surface area contributed by atoms with Gasteiger partial charge < -0.3 is 4.57 Å². The normalized spacial score (nSPS) is 12.5. The SMILES string of the molecule is Cc1ncc(C(C)C)n1C(C)(C)C. The maximum atomic E-state index is 4.37. The summed E-state index contributed by atoms with van der Waals surface area (Å²) in [5.41, 5.74) is 1.46. The van der Waals surface area contributed by atoms with Crippen LogP contribution < -0.4 is 0 Å². The van der Waals surface area contributed by atoms with Gasteiger partial charge in [0.25, 0.3) is 0 Å². The van der Waals surface area contributed by atoms with E-state index >= 15 is 0 Å². The van der Waals surface area contributed by atoms with E-state index in [0.29, 0.717) is 5.92 Å². The molecule has 0 saturated heterocycles. The largest absolute Gasteiger partial charge is 0.327 e. The molecule has 0 radical (unpaired) electrons. The molecule has 74 valence electrons. The fourth-order valence-electron chi connectivity index (χ4n) is 1.74. The molecule has 2 nitrogen and oxygen atoms in total. The molecule has 2 heteroatoms. The Hall–Kier alpha value is -0.790. The molecule has 0 amide bonds. The lowest BCUT2D eigenvalue weighted by molar-refractivity contribution is 0.371. The van der Waals surface area contributed by atoms with Crippen molar-refractivity contribution in [1.29, 1.82) is 0 Å². The minimum Gasteiger partial charge on any atom is -0.327 e. The molecule has 0 unspecified atom stereocenters. The molecule has 0 atom stereocenters. The summed E-state index contributed by atoms with van der Waals surface area (Å²) in [5.74, 6) is 1.65. The average molecular weight is 180 g/mol. The Bertz CT molecular complexity index is 290. The van der Waals surface area contributed by atoms with Crippen LogP contribution in [-0.4, -0.2) is 9.55 Å². The maximum absolute atomic E-state index is 4.37. The minimum atomic E-state index is 0.139. The van der Waals surface area contributed by atoms with Crippen LogP contribution in [0.1, 0.15) is 52.1 Å². The third-order valence-corrected chi connectivity index (χ3v) is 2.23. The second-order valence-electron chi connectivity index (χ2n) is 4.89. The Morgan fingerprint density at radius 2 is 1.85 bits per heavy atom. The predicted molar refractivity (Wildman–Crippen MR) is 56.0 cm³/mol.